The van der Waals surface area contributed by atoms with Crippen LogP contribution in [-0.4, -0.2) is 23.0 Å². The van der Waals surface area contributed by atoms with Crippen LogP contribution >= 0.6 is 11.6 Å². The van der Waals surface area contributed by atoms with E-state index in [1.165, 1.54) is 23.2 Å². The Hall–Kier alpha value is -2.07. The molecule has 1 N–H and O–H groups in total. The highest BCUT2D eigenvalue weighted by molar-refractivity contribution is 6.29. The lowest BCUT2D eigenvalue weighted by Gasteiger charge is -2.17. The van der Waals surface area contributed by atoms with Gasteiger partial charge in [-0.05, 0) is 36.4 Å². The third kappa shape index (κ3) is 2.60. The minimum absolute atomic E-state index is 0.160. The summed E-state index contributed by atoms with van der Waals surface area (Å²) in [5.74, 6) is -0.0300. The summed E-state index contributed by atoms with van der Waals surface area (Å²) in [5, 5.41) is 9.54. The molecule has 18 heavy (non-hydrogen) atoms. The number of amides is 1. The Bertz CT molecular complexity index is 552. The molecule has 0 aliphatic heterocycles. The van der Waals surface area contributed by atoms with E-state index in [1.807, 2.05) is 0 Å². The Morgan fingerprint density at radius 2 is 1.89 bits per heavy atom. The van der Waals surface area contributed by atoms with Crippen molar-refractivity contribution < 1.29 is 9.90 Å². The van der Waals surface area contributed by atoms with Crippen molar-refractivity contribution in [1.82, 2.24) is 4.98 Å². The zero-order chi connectivity index (χ0) is 13.1. The summed E-state index contributed by atoms with van der Waals surface area (Å²) >= 11 is 5.67. The predicted molar refractivity (Wildman–Crippen MR) is 70.1 cm³/mol. The highest BCUT2D eigenvalue weighted by atomic mass is 35.5. The summed E-state index contributed by atoms with van der Waals surface area (Å²) < 4.78 is 0. The summed E-state index contributed by atoms with van der Waals surface area (Å²) in [4.78, 5) is 17.5. The maximum Gasteiger partial charge on any atom is 0.259 e. The zero-order valence-electron chi connectivity index (χ0n) is 9.67. The van der Waals surface area contributed by atoms with Gasteiger partial charge >= 0.3 is 0 Å². The van der Waals surface area contributed by atoms with E-state index in [1.54, 1.807) is 31.3 Å². The first-order valence-corrected chi connectivity index (χ1v) is 5.64. The van der Waals surface area contributed by atoms with E-state index >= 15 is 0 Å². The van der Waals surface area contributed by atoms with E-state index in [0.717, 1.165) is 0 Å². The summed E-state index contributed by atoms with van der Waals surface area (Å²) in [6.07, 6.45) is 1.43. The monoisotopic (exact) mass is 262 g/mol. The highest BCUT2D eigenvalue weighted by Crippen LogP contribution is 2.19. The minimum atomic E-state index is -0.190. The zero-order valence-corrected chi connectivity index (χ0v) is 10.4. The Morgan fingerprint density at radius 1 is 1.22 bits per heavy atom. The molecule has 92 valence electrons. The second-order valence-corrected chi connectivity index (χ2v) is 4.14. The molecule has 1 aromatic carbocycles. The predicted octanol–water partition coefficient (Wildman–Crippen LogP) is 2.72. The number of halogens is 1. The van der Waals surface area contributed by atoms with Gasteiger partial charge in [0.1, 0.15) is 10.9 Å². The lowest BCUT2D eigenvalue weighted by atomic mass is 10.2. The Labute approximate surface area is 109 Å². The molecule has 0 spiro atoms. The van der Waals surface area contributed by atoms with E-state index in [9.17, 15) is 9.90 Å². The quantitative estimate of drug-likeness (QED) is 0.847. The van der Waals surface area contributed by atoms with Gasteiger partial charge in [-0.1, -0.05) is 11.6 Å². The van der Waals surface area contributed by atoms with E-state index in [0.29, 0.717) is 16.4 Å². The van der Waals surface area contributed by atoms with E-state index in [-0.39, 0.29) is 11.7 Å². The number of pyridine rings is 1. The molecule has 0 bridgehead atoms. The molecule has 0 saturated heterocycles. The van der Waals surface area contributed by atoms with Gasteiger partial charge in [-0.15, -0.1) is 0 Å². The third-order valence-electron chi connectivity index (χ3n) is 2.52. The van der Waals surface area contributed by atoms with Gasteiger partial charge in [-0.3, -0.25) is 4.79 Å². The topological polar surface area (TPSA) is 53.4 Å². The number of aromatic nitrogens is 1. The van der Waals surface area contributed by atoms with Gasteiger partial charge in [0.05, 0.1) is 5.56 Å². The van der Waals surface area contributed by atoms with Crippen LogP contribution in [0.1, 0.15) is 10.4 Å². The van der Waals surface area contributed by atoms with Crippen molar-refractivity contribution in [3.63, 3.8) is 0 Å². The van der Waals surface area contributed by atoms with Gasteiger partial charge in [-0.25, -0.2) is 4.98 Å². The van der Waals surface area contributed by atoms with Crippen LogP contribution in [0, 0.1) is 0 Å². The molecule has 1 aromatic heterocycles. The molecule has 0 aliphatic carbocycles. The summed E-state index contributed by atoms with van der Waals surface area (Å²) in [6, 6.07) is 9.57. The van der Waals surface area contributed by atoms with Gasteiger partial charge in [-0.2, -0.15) is 0 Å². The number of anilines is 1. The molecule has 2 rings (SSSR count). The van der Waals surface area contributed by atoms with Gasteiger partial charge in [0.2, 0.25) is 0 Å². The Balaban J connectivity index is 2.23. The molecule has 0 unspecified atom stereocenters. The van der Waals surface area contributed by atoms with Crippen molar-refractivity contribution in [2.24, 2.45) is 0 Å². The summed E-state index contributed by atoms with van der Waals surface area (Å²) in [7, 11) is 1.66. The molecule has 0 atom stereocenters. The SMILES string of the molecule is CN(C(=O)c1ccc(Cl)nc1)c1ccc(O)cc1. The number of carbonyl (C=O) groups is 1. The van der Waals surface area contributed by atoms with Crippen LogP contribution in [0.25, 0.3) is 0 Å². The average Bonchev–Trinajstić information content (AvgIpc) is 2.39. The van der Waals surface area contributed by atoms with Crippen molar-refractivity contribution in [2.75, 3.05) is 11.9 Å². The number of nitrogens with zero attached hydrogens (tertiary/aromatic N) is 2. The van der Waals surface area contributed by atoms with E-state index < -0.39 is 0 Å². The van der Waals surface area contributed by atoms with Gasteiger partial charge < -0.3 is 10.0 Å². The first-order chi connectivity index (χ1) is 8.58. The third-order valence-corrected chi connectivity index (χ3v) is 2.74. The molecule has 0 radical (unpaired) electrons. The summed E-state index contributed by atoms with van der Waals surface area (Å²) in [5.41, 5.74) is 1.14. The van der Waals surface area contributed by atoms with Crippen LogP contribution in [-0.2, 0) is 0 Å². The number of rotatable bonds is 2. The number of carbonyl (C=O) groups excluding carboxylic acids is 1. The van der Waals surface area contributed by atoms with Crippen molar-refractivity contribution in [1.29, 1.82) is 0 Å². The average molecular weight is 263 g/mol. The number of phenols is 1. The van der Waals surface area contributed by atoms with Crippen molar-refractivity contribution >= 4 is 23.2 Å². The van der Waals surface area contributed by atoms with Crippen LogP contribution in [0.5, 0.6) is 5.75 Å². The largest absolute Gasteiger partial charge is 0.508 e. The number of aromatic hydroxyl groups is 1. The molecular formula is C13H11ClN2O2. The maximum atomic E-state index is 12.1. The fourth-order valence-corrected chi connectivity index (χ4v) is 1.60. The molecular weight excluding hydrogens is 252 g/mol. The fraction of sp³-hybridized carbons (Fsp3) is 0.0769. The van der Waals surface area contributed by atoms with Gasteiger partial charge in [0, 0.05) is 18.9 Å². The van der Waals surface area contributed by atoms with Crippen molar-refractivity contribution in [2.45, 2.75) is 0 Å². The Kier molecular flexibility index (Phi) is 3.48. The lowest BCUT2D eigenvalue weighted by molar-refractivity contribution is 0.0992. The molecule has 0 fully saturated rings. The van der Waals surface area contributed by atoms with Crippen LogP contribution in [0.2, 0.25) is 5.15 Å². The van der Waals surface area contributed by atoms with Crippen LogP contribution in [0.3, 0.4) is 0 Å². The number of hydrogen-bond acceptors (Lipinski definition) is 3. The standard InChI is InChI=1S/C13H11ClN2O2/c1-16(10-3-5-11(17)6-4-10)13(18)9-2-7-12(14)15-8-9/h2-8,17H,1H3. The second kappa shape index (κ2) is 5.06. The Morgan fingerprint density at radius 3 is 2.44 bits per heavy atom. The minimum Gasteiger partial charge on any atom is -0.508 e. The number of benzene rings is 1. The second-order valence-electron chi connectivity index (χ2n) is 3.75. The van der Waals surface area contributed by atoms with Crippen LogP contribution in [0.15, 0.2) is 42.6 Å². The van der Waals surface area contributed by atoms with Crippen LogP contribution < -0.4 is 4.90 Å². The first kappa shape index (κ1) is 12.4. The van der Waals surface area contributed by atoms with Gasteiger partial charge in [0.15, 0.2) is 0 Å². The number of phenolic OH excluding ortho intramolecular Hbond substituents is 1. The fourth-order valence-electron chi connectivity index (χ4n) is 1.49. The molecule has 0 saturated carbocycles. The molecule has 0 aliphatic rings. The normalized spacial score (nSPS) is 10.1. The van der Waals surface area contributed by atoms with E-state index in [2.05, 4.69) is 4.98 Å². The van der Waals surface area contributed by atoms with Crippen molar-refractivity contribution in [3.05, 3.63) is 53.3 Å². The molecule has 1 heterocycles. The molecule has 2 aromatic rings. The highest BCUT2D eigenvalue weighted by Gasteiger charge is 2.13. The number of hydrogen-bond donors (Lipinski definition) is 1. The molecule has 5 heteroatoms. The van der Waals surface area contributed by atoms with Crippen molar-refractivity contribution in [3.8, 4) is 5.75 Å². The summed E-state index contributed by atoms with van der Waals surface area (Å²) in [6.45, 7) is 0. The van der Waals surface area contributed by atoms with Gasteiger partial charge in [0.25, 0.3) is 5.91 Å². The lowest BCUT2D eigenvalue weighted by Crippen LogP contribution is -2.26. The molecule has 4 nitrogen and oxygen atoms in total. The van der Waals surface area contributed by atoms with Crippen LogP contribution in [0.4, 0.5) is 5.69 Å². The maximum absolute atomic E-state index is 12.1. The molecule has 1 amide bonds. The first-order valence-electron chi connectivity index (χ1n) is 5.26. The smallest absolute Gasteiger partial charge is 0.259 e. The van der Waals surface area contributed by atoms with E-state index in [4.69, 9.17) is 11.6 Å².